The summed E-state index contributed by atoms with van der Waals surface area (Å²) in [4.78, 5) is 2.67. The first-order valence-electron chi connectivity index (χ1n) is 11.5. The molecule has 0 atom stereocenters. The van der Waals surface area contributed by atoms with E-state index in [4.69, 9.17) is 0 Å². The Kier molecular flexibility index (Phi) is 14.0. The lowest BCUT2D eigenvalue weighted by molar-refractivity contribution is 0.0367. The molecule has 0 saturated heterocycles. The van der Waals surface area contributed by atoms with E-state index in [-0.39, 0.29) is 11.1 Å². The first-order valence-corrected chi connectivity index (χ1v) is 11.5. The molecule has 0 unspecified atom stereocenters. The highest BCUT2D eigenvalue weighted by molar-refractivity contribution is 4.86. The van der Waals surface area contributed by atoms with Crippen molar-refractivity contribution in [3.05, 3.63) is 0 Å². The van der Waals surface area contributed by atoms with Crippen molar-refractivity contribution in [3.63, 3.8) is 0 Å². The van der Waals surface area contributed by atoms with Gasteiger partial charge in [0.25, 0.3) is 0 Å². The predicted molar refractivity (Wildman–Crippen MR) is 117 cm³/mol. The van der Waals surface area contributed by atoms with E-state index in [0.29, 0.717) is 0 Å². The van der Waals surface area contributed by atoms with Gasteiger partial charge >= 0.3 is 0 Å². The minimum atomic E-state index is 0.273. The van der Waals surface area contributed by atoms with Gasteiger partial charge in [-0.05, 0) is 54.5 Å². The lowest BCUT2D eigenvalue weighted by atomic mass is 9.95. The third-order valence-electron chi connectivity index (χ3n) is 5.35. The zero-order chi connectivity index (χ0) is 19.2. The summed E-state index contributed by atoms with van der Waals surface area (Å²) in [5, 5.41) is 0. The van der Waals surface area contributed by atoms with Crippen molar-refractivity contribution in [2.45, 2.75) is 149 Å². The summed E-state index contributed by atoms with van der Waals surface area (Å²) >= 11 is 0. The average molecular weight is 354 g/mol. The van der Waals surface area contributed by atoms with Crippen LogP contribution < -0.4 is 0 Å². The predicted octanol–water partition coefficient (Wildman–Crippen LogP) is 8.37. The van der Waals surface area contributed by atoms with Crippen LogP contribution in [0.1, 0.15) is 138 Å². The van der Waals surface area contributed by atoms with E-state index in [0.717, 1.165) is 0 Å². The molecule has 0 saturated carbocycles. The van der Waals surface area contributed by atoms with Gasteiger partial charge in [-0.2, -0.15) is 0 Å². The van der Waals surface area contributed by atoms with Crippen molar-refractivity contribution in [2.75, 3.05) is 6.54 Å². The number of rotatable bonds is 15. The molecule has 1 heteroatoms. The number of nitrogens with zero attached hydrogens (tertiary/aromatic N) is 1. The van der Waals surface area contributed by atoms with Gasteiger partial charge in [-0.25, -0.2) is 0 Å². The SMILES string of the molecule is CCCCCCCCCCCCCCCCN(C(C)(C)C)C(C)(C)C. The zero-order valence-corrected chi connectivity index (χ0v) is 19.1. The minimum absolute atomic E-state index is 0.273. The highest BCUT2D eigenvalue weighted by Gasteiger charge is 2.30. The van der Waals surface area contributed by atoms with Crippen LogP contribution in [0.2, 0.25) is 0 Å². The van der Waals surface area contributed by atoms with E-state index in [1.54, 1.807) is 0 Å². The molecular weight excluding hydrogens is 302 g/mol. The average Bonchev–Trinajstić information content (AvgIpc) is 2.48. The molecule has 0 radical (unpaired) electrons. The Morgan fingerprint density at radius 1 is 0.440 bits per heavy atom. The molecule has 0 bridgehead atoms. The zero-order valence-electron chi connectivity index (χ0n) is 19.1. The van der Waals surface area contributed by atoms with E-state index in [9.17, 15) is 0 Å². The van der Waals surface area contributed by atoms with Gasteiger partial charge in [0, 0.05) is 11.1 Å². The Morgan fingerprint density at radius 3 is 1.00 bits per heavy atom. The van der Waals surface area contributed by atoms with Gasteiger partial charge in [-0.3, -0.25) is 4.90 Å². The molecule has 0 N–H and O–H groups in total. The molecule has 25 heavy (non-hydrogen) atoms. The minimum Gasteiger partial charge on any atom is -0.294 e. The van der Waals surface area contributed by atoms with Crippen LogP contribution in [-0.2, 0) is 0 Å². The molecule has 0 heterocycles. The van der Waals surface area contributed by atoms with Crippen molar-refractivity contribution in [3.8, 4) is 0 Å². The summed E-state index contributed by atoms with van der Waals surface area (Å²) in [6.07, 6.45) is 20.2. The Hall–Kier alpha value is -0.0400. The maximum absolute atomic E-state index is 2.67. The maximum atomic E-state index is 2.67. The molecule has 0 aliphatic heterocycles. The first-order chi connectivity index (χ1) is 11.7. The van der Waals surface area contributed by atoms with E-state index >= 15 is 0 Å². The van der Waals surface area contributed by atoms with Crippen LogP contribution in [0.25, 0.3) is 0 Å². The summed E-state index contributed by atoms with van der Waals surface area (Å²) in [6, 6.07) is 0. The summed E-state index contributed by atoms with van der Waals surface area (Å²) in [6.45, 7) is 17.6. The van der Waals surface area contributed by atoms with Crippen LogP contribution in [0.3, 0.4) is 0 Å². The van der Waals surface area contributed by atoms with Gasteiger partial charge < -0.3 is 0 Å². The maximum Gasteiger partial charge on any atom is 0.0130 e. The highest BCUT2D eigenvalue weighted by atomic mass is 15.2. The van der Waals surface area contributed by atoms with E-state index in [1.165, 1.54) is 96.4 Å². The van der Waals surface area contributed by atoms with Crippen molar-refractivity contribution in [1.29, 1.82) is 0 Å². The molecule has 0 spiro atoms. The van der Waals surface area contributed by atoms with Gasteiger partial charge in [-0.15, -0.1) is 0 Å². The largest absolute Gasteiger partial charge is 0.294 e. The summed E-state index contributed by atoms with van der Waals surface area (Å²) in [5.74, 6) is 0. The number of hydrogen-bond acceptors (Lipinski definition) is 1. The molecule has 0 aromatic heterocycles. The Bertz CT molecular complexity index is 267. The Balaban J connectivity index is 3.46. The molecule has 0 aliphatic rings. The second-order valence-electron chi connectivity index (χ2n) is 10.1. The van der Waals surface area contributed by atoms with Gasteiger partial charge in [-0.1, -0.05) is 90.4 Å². The van der Waals surface area contributed by atoms with E-state index in [2.05, 4.69) is 53.4 Å². The Morgan fingerprint density at radius 2 is 0.720 bits per heavy atom. The summed E-state index contributed by atoms with van der Waals surface area (Å²) in [7, 11) is 0. The van der Waals surface area contributed by atoms with E-state index < -0.39 is 0 Å². The molecule has 152 valence electrons. The standard InChI is InChI=1S/C24H51N/c1-8-9-10-11-12-13-14-15-16-17-18-19-20-21-22-25(23(2,3)4)24(5,6)7/h8-22H2,1-7H3. The van der Waals surface area contributed by atoms with Crippen LogP contribution >= 0.6 is 0 Å². The smallest absolute Gasteiger partial charge is 0.0130 e. The third-order valence-corrected chi connectivity index (χ3v) is 5.35. The van der Waals surface area contributed by atoms with Crippen LogP contribution in [0, 0.1) is 0 Å². The fraction of sp³-hybridized carbons (Fsp3) is 1.00. The third kappa shape index (κ3) is 14.8. The fourth-order valence-electron chi connectivity index (χ4n) is 4.14. The summed E-state index contributed by atoms with van der Waals surface area (Å²) in [5.41, 5.74) is 0.545. The molecule has 0 amide bonds. The Labute approximate surface area is 161 Å². The van der Waals surface area contributed by atoms with Gasteiger partial charge in [0.2, 0.25) is 0 Å². The van der Waals surface area contributed by atoms with Crippen molar-refractivity contribution >= 4 is 0 Å². The lowest BCUT2D eigenvalue weighted by Gasteiger charge is -2.45. The molecule has 0 fully saturated rings. The molecule has 0 rings (SSSR count). The first kappa shape index (κ1) is 25.0. The summed E-state index contributed by atoms with van der Waals surface area (Å²) < 4.78 is 0. The van der Waals surface area contributed by atoms with E-state index in [1.807, 2.05) is 0 Å². The van der Waals surface area contributed by atoms with Crippen molar-refractivity contribution in [1.82, 2.24) is 4.90 Å². The lowest BCUT2D eigenvalue weighted by Crippen LogP contribution is -2.52. The van der Waals surface area contributed by atoms with Crippen LogP contribution in [0.4, 0.5) is 0 Å². The second kappa shape index (κ2) is 14.1. The van der Waals surface area contributed by atoms with Crippen molar-refractivity contribution < 1.29 is 0 Å². The molecule has 0 aromatic rings. The monoisotopic (exact) mass is 353 g/mol. The molecular formula is C24H51N. The van der Waals surface area contributed by atoms with Gasteiger partial charge in [0.1, 0.15) is 0 Å². The second-order valence-corrected chi connectivity index (χ2v) is 10.1. The topological polar surface area (TPSA) is 3.24 Å². The molecule has 0 aliphatic carbocycles. The van der Waals surface area contributed by atoms with Crippen LogP contribution in [-0.4, -0.2) is 22.5 Å². The van der Waals surface area contributed by atoms with Crippen LogP contribution in [0.5, 0.6) is 0 Å². The normalized spacial score (nSPS) is 13.0. The number of hydrogen-bond donors (Lipinski definition) is 0. The van der Waals surface area contributed by atoms with Crippen molar-refractivity contribution in [2.24, 2.45) is 0 Å². The quantitative estimate of drug-likeness (QED) is 0.267. The van der Waals surface area contributed by atoms with Gasteiger partial charge in [0.15, 0.2) is 0 Å². The van der Waals surface area contributed by atoms with Gasteiger partial charge in [0.05, 0.1) is 0 Å². The molecule has 0 aromatic carbocycles. The fourth-order valence-corrected chi connectivity index (χ4v) is 4.14. The number of unbranched alkanes of at least 4 members (excludes halogenated alkanes) is 13. The highest BCUT2D eigenvalue weighted by Crippen LogP contribution is 2.25. The molecule has 1 nitrogen and oxygen atoms in total. The van der Waals surface area contributed by atoms with Crippen LogP contribution in [0.15, 0.2) is 0 Å².